The van der Waals surface area contributed by atoms with Crippen LogP contribution in [0, 0.1) is 10.7 Å². The Morgan fingerprint density at radius 2 is 1.58 bits per heavy atom. The molecule has 0 atom stereocenters. The smallest absolute Gasteiger partial charge is 0.303 e. The maximum absolute atomic E-state index is 12.1. The van der Waals surface area contributed by atoms with Crippen LogP contribution in [0.5, 0.6) is 0 Å². The largest absolute Gasteiger partial charge is 0.456 e. The predicted molar refractivity (Wildman–Crippen MR) is 113 cm³/mol. The molecule has 0 unspecified atom stereocenters. The van der Waals surface area contributed by atoms with Crippen LogP contribution in [0.15, 0.2) is 0 Å². The SMILES string of the molecule is CNC(=O)c1c(I)c(NC(=O)COC(C)=O)c(I)c(C(=O)Cl)c1I. The first kappa shape index (κ1) is 21.8. The summed E-state index contributed by atoms with van der Waals surface area (Å²) in [6.07, 6.45) is 0. The Labute approximate surface area is 183 Å². The average Bonchev–Trinajstić information content (AvgIpc) is 2.48. The molecule has 0 saturated carbocycles. The van der Waals surface area contributed by atoms with Crippen LogP contribution in [0.4, 0.5) is 5.69 Å². The summed E-state index contributed by atoms with van der Waals surface area (Å²) in [5.41, 5.74) is 0.613. The fourth-order valence-corrected chi connectivity index (χ4v) is 6.54. The highest BCUT2D eigenvalue weighted by atomic mass is 127. The van der Waals surface area contributed by atoms with E-state index >= 15 is 0 Å². The van der Waals surface area contributed by atoms with Crippen LogP contribution in [-0.4, -0.2) is 36.7 Å². The molecule has 0 spiro atoms. The van der Waals surface area contributed by atoms with Crippen molar-refractivity contribution in [3.8, 4) is 0 Å². The van der Waals surface area contributed by atoms with Gasteiger partial charge in [-0.05, 0) is 79.4 Å². The summed E-state index contributed by atoms with van der Waals surface area (Å²) < 4.78 is 5.85. The number of halogens is 4. The van der Waals surface area contributed by atoms with Crippen molar-refractivity contribution in [1.82, 2.24) is 5.32 Å². The van der Waals surface area contributed by atoms with E-state index in [0.29, 0.717) is 10.7 Å². The van der Waals surface area contributed by atoms with Gasteiger partial charge in [0.15, 0.2) is 6.61 Å². The Morgan fingerprint density at radius 3 is 2.04 bits per heavy atom. The topological polar surface area (TPSA) is 102 Å². The van der Waals surface area contributed by atoms with Gasteiger partial charge in [0.2, 0.25) is 0 Å². The lowest BCUT2D eigenvalue weighted by atomic mass is 10.1. The third kappa shape index (κ3) is 5.14. The summed E-state index contributed by atoms with van der Waals surface area (Å²) in [6, 6.07) is 0. The van der Waals surface area contributed by atoms with Crippen LogP contribution < -0.4 is 10.6 Å². The minimum atomic E-state index is -0.749. The fourth-order valence-electron chi connectivity index (χ4n) is 1.61. The maximum Gasteiger partial charge on any atom is 0.303 e. The van der Waals surface area contributed by atoms with Crippen molar-refractivity contribution >= 4 is 108 Å². The molecule has 0 aliphatic heterocycles. The molecule has 0 saturated heterocycles. The summed E-state index contributed by atoms with van der Waals surface area (Å²) in [4.78, 5) is 46.6. The first-order valence-electron chi connectivity index (χ1n) is 6.17. The van der Waals surface area contributed by atoms with Crippen LogP contribution in [0.1, 0.15) is 27.6 Å². The number of benzene rings is 1. The number of anilines is 1. The molecule has 130 valence electrons. The minimum absolute atomic E-state index is 0.125. The van der Waals surface area contributed by atoms with E-state index in [-0.39, 0.29) is 16.8 Å². The monoisotopic (exact) mass is 690 g/mol. The van der Waals surface area contributed by atoms with Crippen LogP contribution in [0.3, 0.4) is 0 Å². The molecule has 11 heteroatoms. The van der Waals surface area contributed by atoms with Gasteiger partial charge >= 0.3 is 5.97 Å². The van der Waals surface area contributed by atoms with Crippen molar-refractivity contribution in [1.29, 1.82) is 0 Å². The number of carbonyl (C=O) groups excluding carboxylic acids is 4. The lowest BCUT2D eigenvalue weighted by Gasteiger charge is -2.17. The second kappa shape index (κ2) is 9.47. The van der Waals surface area contributed by atoms with Gasteiger partial charge in [0.05, 0.1) is 24.0 Å². The first-order valence-corrected chi connectivity index (χ1v) is 9.78. The number of rotatable bonds is 5. The van der Waals surface area contributed by atoms with Gasteiger partial charge in [-0.3, -0.25) is 19.2 Å². The average molecular weight is 690 g/mol. The summed E-state index contributed by atoms with van der Waals surface area (Å²) >= 11 is 11.3. The molecule has 0 radical (unpaired) electrons. The number of hydrogen-bond acceptors (Lipinski definition) is 5. The zero-order valence-corrected chi connectivity index (χ0v) is 19.5. The Hall–Kier alpha value is -0.220. The third-order valence-electron chi connectivity index (χ3n) is 2.64. The number of hydrogen-bond donors (Lipinski definition) is 2. The van der Waals surface area contributed by atoms with E-state index in [9.17, 15) is 19.2 Å². The third-order valence-corrected chi connectivity index (χ3v) is 6.06. The van der Waals surface area contributed by atoms with Crippen LogP contribution in [-0.2, 0) is 14.3 Å². The molecule has 1 aromatic rings. The van der Waals surface area contributed by atoms with Crippen LogP contribution in [0.25, 0.3) is 0 Å². The standard InChI is InChI=1S/C13H10ClI3N2O5/c1-4(20)24-3-5(21)19-11-9(16)6(12(14)22)8(15)7(10(11)17)13(23)18-2/h3H2,1-2H3,(H,18,23)(H,19,21). The Morgan fingerprint density at radius 1 is 1.04 bits per heavy atom. The van der Waals surface area contributed by atoms with E-state index in [2.05, 4.69) is 15.4 Å². The Kier molecular flexibility index (Phi) is 8.61. The van der Waals surface area contributed by atoms with E-state index < -0.39 is 29.6 Å². The van der Waals surface area contributed by atoms with Gasteiger partial charge in [0, 0.05) is 17.5 Å². The normalized spacial score (nSPS) is 10.1. The molecule has 0 fully saturated rings. The van der Waals surface area contributed by atoms with Gasteiger partial charge < -0.3 is 15.4 Å². The van der Waals surface area contributed by atoms with Crippen LogP contribution in [0.2, 0.25) is 0 Å². The first-order chi connectivity index (χ1) is 11.1. The van der Waals surface area contributed by atoms with Gasteiger partial charge in [0.25, 0.3) is 17.1 Å². The van der Waals surface area contributed by atoms with E-state index in [4.69, 9.17) is 11.6 Å². The quantitative estimate of drug-likeness (QED) is 0.282. The Bertz CT molecular complexity index is 739. The molecule has 1 rings (SSSR count). The van der Waals surface area contributed by atoms with Crippen molar-refractivity contribution in [3.63, 3.8) is 0 Å². The summed E-state index contributed by atoms with van der Waals surface area (Å²) in [6.45, 7) is 0.701. The highest BCUT2D eigenvalue weighted by Gasteiger charge is 2.27. The zero-order chi connectivity index (χ0) is 18.6. The molecule has 0 bridgehead atoms. The van der Waals surface area contributed by atoms with E-state index in [1.165, 1.54) is 14.0 Å². The van der Waals surface area contributed by atoms with Crippen molar-refractivity contribution in [3.05, 3.63) is 21.8 Å². The number of ether oxygens (including phenoxy) is 1. The number of amides is 2. The molecule has 0 aliphatic carbocycles. The molecule has 2 amide bonds. The zero-order valence-electron chi connectivity index (χ0n) is 12.3. The molecule has 0 aliphatic rings. The highest BCUT2D eigenvalue weighted by molar-refractivity contribution is 14.1. The second-order valence-corrected chi connectivity index (χ2v) is 7.83. The molecular weight excluding hydrogens is 680 g/mol. The highest BCUT2D eigenvalue weighted by Crippen LogP contribution is 2.36. The fraction of sp³-hybridized carbons (Fsp3) is 0.231. The van der Waals surface area contributed by atoms with Crippen molar-refractivity contribution in [2.24, 2.45) is 0 Å². The Balaban J connectivity index is 3.46. The van der Waals surface area contributed by atoms with Gasteiger partial charge in [0.1, 0.15) is 0 Å². The predicted octanol–water partition coefficient (Wildman–Crippen LogP) is 2.74. The summed E-state index contributed by atoms with van der Waals surface area (Å²) in [5.74, 6) is -1.62. The lowest BCUT2D eigenvalue weighted by molar-refractivity contribution is -0.144. The second-order valence-electron chi connectivity index (χ2n) is 4.25. The van der Waals surface area contributed by atoms with Gasteiger partial charge in [-0.15, -0.1) is 0 Å². The van der Waals surface area contributed by atoms with Crippen molar-refractivity contribution in [2.75, 3.05) is 19.0 Å². The molecule has 1 aromatic carbocycles. The van der Waals surface area contributed by atoms with E-state index in [1.54, 1.807) is 0 Å². The lowest BCUT2D eigenvalue weighted by Crippen LogP contribution is -2.26. The van der Waals surface area contributed by atoms with Gasteiger partial charge in [-0.25, -0.2) is 0 Å². The number of carbonyl (C=O) groups is 4. The number of nitrogens with one attached hydrogen (secondary N) is 2. The minimum Gasteiger partial charge on any atom is -0.456 e. The molecular formula is C13H10ClI3N2O5. The van der Waals surface area contributed by atoms with Crippen LogP contribution >= 0.6 is 79.4 Å². The number of esters is 1. The van der Waals surface area contributed by atoms with Gasteiger partial charge in [-0.1, -0.05) is 0 Å². The summed E-state index contributed by atoms with van der Waals surface area (Å²) in [7, 11) is 1.45. The molecule has 7 nitrogen and oxygen atoms in total. The van der Waals surface area contributed by atoms with Gasteiger partial charge in [-0.2, -0.15) is 0 Å². The van der Waals surface area contributed by atoms with E-state index in [1.807, 2.05) is 67.8 Å². The maximum atomic E-state index is 12.1. The molecule has 0 aromatic heterocycles. The van der Waals surface area contributed by atoms with Crippen molar-refractivity contribution < 1.29 is 23.9 Å². The molecule has 0 heterocycles. The molecule has 24 heavy (non-hydrogen) atoms. The van der Waals surface area contributed by atoms with Crippen molar-refractivity contribution in [2.45, 2.75) is 6.92 Å². The summed E-state index contributed by atoms with van der Waals surface area (Å²) in [5, 5.41) is 4.28. The van der Waals surface area contributed by atoms with E-state index in [0.717, 1.165) is 0 Å². The molecule has 2 N–H and O–H groups in total.